The van der Waals surface area contributed by atoms with E-state index < -0.39 is 10.9 Å². The van der Waals surface area contributed by atoms with E-state index in [4.69, 9.17) is 5.11 Å². The number of piperidine rings is 1. The van der Waals surface area contributed by atoms with Crippen LogP contribution >= 0.6 is 0 Å². The molecule has 0 amide bonds. The molecule has 1 aromatic heterocycles. The summed E-state index contributed by atoms with van der Waals surface area (Å²) in [5.41, 5.74) is -0.491. The van der Waals surface area contributed by atoms with Gasteiger partial charge in [-0.25, -0.2) is 9.78 Å². The van der Waals surface area contributed by atoms with Gasteiger partial charge < -0.3 is 15.3 Å². The lowest BCUT2D eigenvalue weighted by Crippen LogP contribution is -2.37. The molecular formula is C12H16N4O4. The van der Waals surface area contributed by atoms with Crippen molar-refractivity contribution in [2.24, 2.45) is 0 Å². The van der Waals surface area contributed by atoms with Crippen LogP contribution in [0.4, 0.5) is 11.5 Å². The Kier molecular flexibility index (Phi) is 4.14. The fourth-order valence-electron chi connectivity index (χ4n) is 2.18. The minimum absolute atomic E-state index is 0.137. The average Bonchev–Trinajstić information content (AvgIpc) is 2.41. The lowest BCUT2D eigenvalue weighted by Gasteiger charge is -2.30. The van der Waals surface area contributed by atoms with Crippen molar-refractivity contribution in [3.05, 3.63) is 27.9 Å². The summed E-state index contributed by atoms with van der Waals surface area (Å²) >= 11 is 0. The van der Waals surface area contributed by atoms with Crippen LogP contribution in [0.3, 0.4) is 0 Å². The second kappa shape index (κ2) is 5.83. The largest absolute Gasteiger partial charge is 0.478 e. The zero-order valence-corrected chi connectivity index (χ0v) is 11.1. The molecule has 1 saturated heterocycles. The SMILES string of the molecule is CN1CCC(Nc2ncc([N+](=O)[O-])cc2C(=O)O)CC1. The fourth-order valence-corrected chi connectivity index (χ4v) is 2.18. The zero-order chi connectivity index (χ0) is 14.7. The lowest BCUT2D eigenvalue weighted by atomic mass is 10.1. The molecular weight excluding hydrogens is 264 g/mol. The summed E-state index contributed by atoms with van der Waals surface area (Å²) in [5.74, 6) is -1.03. The molecule has 0 aromatic carbocycles. The number of aromatic nitrogens is 1. The highest BCUT2D eigenvalue weighted by Gasteiger charge is 2.22. The summed E-state index contributed by atoms with van der Waals surface area (Å²) in [6.07, 6.45) is 2.84. The van der Waals surface area contributed by atoms with E-state index in [2.05, 4.69) is 15.2 Å². The van der Waals surface area contributed by atoms with E-state index in [1.165, 1.54) is 0 Å². The first-order chi connectivity index (χ1) is 9.47. The summed E-state index contributed by atoms with van der Waals surface area (Å²) in [5, 5.41) is 22.9. The third-order valence-corrected chi connectivity index (χ3v) is 3.37. The van der Waals surface area contributed by atoms with Crippen molar-refractivity contribution in [2.75, 3.05) is 25.5 Å². The number of rotatable bonds is 4. The van der Waals surface area contributed by atoms with Gasteiger partial charge in [-0.05, 0) is 33.0 Å². The Morgan fingerprint density at radius 2 is 2.20 bits per heavy atom. The Balaban J connectivity index is 2.18. The Hall–Kier alpha value is -2.22. The summed E-state index contributed by atoms with van der Waals surface area (Å²) < 4.78 is 0. The highest BCUT2D eigenvalue weighted by atomic mass is 16.6. The van der Waals surface area contributed by atoms with Crippen molar-refractivity contribution >= 4 is 17.5 Å². The van der Waals surface area contributed by atoms with Crippen LogP contribution < -0.4 is 5.32 Å². The van der Waals surface area contributed by atoms with Gasteiger partial charge in [0.15, 0.2) is 0 Å². The topological polar surface area (TPSA) is 109 Å². The molecule has 2 rings (SSSR count). The summed E-state index contributed by atoms with van der Waals surface area (Å²) in [6, 6.07) is 1.17. The second-order valence-electron chi connectivity index (χ2n) is 4.87. The minimum Gasteiger partial charge on any atom is -0.478 e. The number of pyridine rings is 1. The van der Waals surface area contributed by atoms with Gasteiger partial charge in [-0.2, -0.15) is 0 Å². The molecule has 8 nitrogen and oxygen atoms in total. The first-order valence-electron chi connectivity index (χ1n) is 6.30. The molecule has 1 aliphatic rings. The number of nitro groups is 1. The van der Waals surface area contributed by atoms with Crippen molar-refractivity contribution in [3.8, 4) is 0 Å². The van der Waals surface area contributed by atoms with Crippen molar-refractivity contribution in [1.29, 1.82) is 0 Å². The van der Waals surface area contributed by atoms with Crippen molar-refractivity contribution < 1.29 is 14.8 Å². The van der Waals surface area contributed by atoms with E-state index in [1.807, 2.05) is 7.05 Å². The summed E-state index contributed by atoms with van der Waals surface area (Å²) in [4.78, 5) is 27.3. The first-order valence-corrected chi connectivity index (χ1v) is 6.30. The molecule has 0 bridgehead atoms. The van der Waals surface area contributed by atoms with Gasteiger partial charge in [-0.15, -0.1) is 0 Å². The molecule has 0 unspecified atom stereocenters. The van der Waals surface area contributed by atoms with Crippen LogP contribution in [0, 0.1) is 10.1 Å². The molecule has 2 N–H and O–H groups in total. The Labute approximate surface area is 115 Å². The number of hydrogen-bond acceptors (Lipinski definition) is 6. The van der Waals surface area contributed by atoms with Crippen molar-refractivity contribution in [2.45, 2.75) is 18.9 Å². The predicted molar refractivity (Wildman–Crippen MR) is 72.0 cm³/mol. The molecule has 8 heteroatoms. The van der Waals surface area contributed by atoms with Crippen LogP contribution in [0.5, 0.6) is 0 Å². The Morgan fingerprint density at radius 3 is 2.75 bits per heavy atom. The molecule has 2 heterocycles. The Morgan fingerprint density at radius 1 is 1.55 bits per heavy atom. The van der Waals surface area contributed by atoms with Crippen LogP contribution in [0.15, 0.2) is 12.3 Å². The van der Waals surface area contributed by atoms with Crippen LogP contribution in [-0.4, -0.2) is 52.1 Å². The quantitative estimate of drug-likeness (QED) is 0.630. The molecule has 1 aliphatic heterocycles. The normalized spacial score (nSPS) is 16.9. The second-order valence-corrected chi connectivity index (χ2v) is 4.87. The smallest absolute Gasteiger partial charge is 0.339 e. The van der Waals surface area contributed by atoms with Gasteiger partial charge in [0.25, 0.3) is 5.69 Å². The summed E-state index contributed by atoms with van der Waals surface area (Å²) in [6.45, 7) is 1.85. The van der Waals surface area contributed by atoms with Crippen molar-refractivity contribution in [1.82, 2.24) is 9.88 Å². The van der Waals surface area contributed by atoms with Gasteiger partial charge in [0, 0.05) is 12.1 Å². The molecule has 1 fully saturated rings. The van der Waals surface area contributed by atoms with Crippen LogP contribution in [0.25, 0.3) is 0 Å². The molecule has 20 heavy (non-hydrogen) atoms. The summed E-state index contributed by atoms with van der Waals surface area (Å²) in [7, 11) is 2.03. The Bertz CT molecular complexity index is 526. The number of carbonyl (C=O) groups is 1. The number of hydrogen-bond donors (Lipinski definition) is 2. The van der Waals surface area contributed by atoms with Gasteiger partial charge in [0.1, 0.15) is 17.6 Å². The number of likely N-dealkylation sites (tertiary alicyclic amines) is 1. The van der Waals surface area contributed by atoms with Gasteiger partial charge in [0.05, 0.1) is 4.92 Å². The number of nitrogens with one attached hydrogen (secondary N) is 1. The predicted octanol–water partition coefficient (Wildman–Crippen LogP) is 1.19. The molecule has 108 valence electrons. The molecule has 0 radical (unpaired) electrons. The monoisotopic (exact) mass is 280 g/mol. The molecule has 0 aliphatic carbocycles. The standard InChI is InChI=1S/C12H16N4O4/c1-15-4-2-8(3-5-15)14-11-10(12(17)18)6-9(7-13-11)16(19)20/h6-8H,2-5H2,1H3,(H,13,14)(H,17,18). The third-order valence-electron chi connectivity index (χ3n) is 3.37. The van der Waals surface area contributed by atoms with E-state index in [0.717, 1.165) is 38.2 Å². The third kappa shape index (κ3) is 3.21. The van der Waals surface area contributed by atoms with Crippen LogP contribution in [-0.2, 0) is 0 Å². The maximum atomic E-state index is 11.2. The number of nitrogens with zero attached hydrogens (tertiary/aromatic N) is 3. The maximum absolute atomic E-state index is 11.2. The average molecular weight is 280 g/mol. The lowest BCUT2D eigenvalue weighted by molar-refractivity contribution is -0.385. The molecule has 0 atom stereocenters. The number of carboxylic acid groups (broad SMARTS) is 1. The highest BCUT2D eigenvalue weighted by Crippen LogP contribution is 2.22. The van der Waals surface area contributed by atoms with Crippen LogP contribution in [0.1, 0.15) is 23.2 Å². The molecule has 0 saturated carbocycles. The van der Waals surface area contributed by atoms with Gasteiger partial charge in [-0.3, -0.25) is 10.1 Å². The maximum Gasteiger partial charge on any atom is 0.339 e. The highest BCUT2D eigenvalue weighted by molar-refractivity contribution is 5.93. The zero-order valence-electron chi connectivity index (χ0n) is 11.1. The van der Waals surface area contributed by atoms with E-state index in [-0.39, 0.29) is 23.1 Å². The van der Waals surface area contributed by atoms with Gasteiger partial charge >= 0.3 is 5.97 Å². The fraction of sp³-hybridized carbons (Fsp3) is 0.500. The van der Waals surface area contributed by atoms with Crippen LogP contribution in [0.2, 0.25) is 0 Å². The van der Waals surface area contributed by atoms with E-state index in [9.17, 15) is 14.9 Å². The van der Waals surface area contributed by atoms with E-state index in [1.54, 1.807) is 0 Å². The number of aromatic carboxylic acids is 1. The van der Waals surface area contributed by atoms with Crippen molar-refractivity contribution in [3.63, 3.8) is 0 Å². The van der Waals surface area contributed by atoms with E-state index >= 15 is 0 Å². The minimum atomic E-state index is -1.23. The van der Waals surface area contributed by atoms with E-state index in [0.29, 0.717) is 0 Å². The first kappa shape index (κ1) is 14.2. The molecule has 0 spiro atoms. The number of anilines is 1. The number of carboxylic acids is 1. The van der Waals surface area contributed by atoms with Gasteiger partial charge in [0.2, 0.25) is 0 Å². The van der Waals surface area contributed by atoms with Gasteiger partial charge in [-0.1, -0.05) is 0 Å². The molecule has 1 aromatic rings.